The number of aliphatic imine (C=N–C) groups is 1. The van der Waals surface area contributed by atoms with Crippen LogP contribution in [0, 0.1) is 0 Å². The summed E-state index contributed by atoms with van der Waals surface area (Å²) in [5.41, 5.74) is 0.978. The van der Waals surface area contributed by atoms with E-state index in [1.807, 2.05) is 44.4 Å². The quantitative estimate of drug-likeness (QED) is 0.600. The largest absolute Gasteiger partial charge is 0.480 e. The molecule has 0 aliphatic carbocycles. The standard InChI is InChI=1S/C12H16N2O2/c1-14(2)9-13-11(12(15)16)8-10-6-4-3-5-7-10/h3-7,9,11H,8H2,1-2H3,(H,15,16)/t11-/m0/s1. The van der Waals surface area contributed by atoms with E-state index in [0.717, 1.165) is 5.56 Å². The Balaban J connectivity index is 2.69. The van der Waals surface area contributed by atoms with Crippen LogP contribution >= 0.6 is 0 Å². The van der Waals surface area contributed by atoms with Crippen LogP contribution < -0.4 is 0 Å². The van der Waals surface area contributed by atoms with Crippen LogP contribution in [0.5, 0.6) is 0 Å². The molecule has 0 fully saturated rings. The second-order valence-electron chi connectivity index (χ2n) is 3.77. The maximum atomic E-state index is 11.0. The van der Waals surface area contributed by atoms with E-state index >= 15 is 0 Å². The lowest BCUT2D eigenvalue weighted by atomic mass is 10.1. The first kappa shape index (κ1) is 12.2. The molecular weight excluding hydrogens is 204 g/mol. The van der Waals surface area contributed by atoms with Gasteiger partial charge in [-0.3, -0.25) is 4.99 Å². The number of nitrogens with zero attached hydrogens (tertiary/aromatic N) is 2. The summed E-state index contributed by atoms with van der Waals surface area (Å²) in [7, 11) is 3.62. The number of benzene rings is 1. The van der Waals surface area contributed by atoms with Crippen molar-refractivity contribution in [2.45, 2.75) is 12.5 Å². The highest BCUT2D eigenvalue weighted by Crippen LogP contribution is 2.05. The number of hydrogen-bond donors (Lipinski definition) is 1. The normalized spacial score (nSPS) is 12.6. The molecule has 4 heteroatoms. The zero-order chi connectivity index (χ0) is 12.0. The number of carboxylic acid groups (broad SMARTS) is 1. The van der Waals surface area contributed by atoms with E-state index in [4.69, 9.17) is 5.11 Å². The first-order valence-corrected chi connectivity index (χ1v) is 5.06. The molecule has 0 aromatic heterocycles. The molecule has 1 aromatic carbocycles. The Bertz CT molecular complexity index is 361. The van der Waals surface area contributed by atoms with E-state index in [-0.39, 0.29) is 0 Å². The van der Waals surface area contributed by atoms with Crippen LogP contribution in [0.25, 0.3) is 0 Å². The molecule has 1 rings (SSSR count). The molecule has 1 N–H and O–H groups in total. The number of rotatable bonds is 5. The van der Waals surface area contributed by atoms with Gasteiger partial charge in [0.25, 0.3) is 0 Å². The van der Waals surface area contributed by atoms with Gasteiger partial charge in [0.15, 0.2) is 6.04 Å². The molecule has 86 valence electrons. The van der Waals surface area contributed by atoms with Gasteiger partial charge < -0.3 is 10.0 Å². The monoisotopic (exact) mass is 220 g/mol. The Labute approximate surface area is 95.2 Å². The molecule has 0 saturated heterocycles. The van der Waals surface area contributed by atoms with Gasteiger partial charge in [-0.05, 0) is 5.56 Å². The molecule has 0 heterocycles. The van der Waals surface area contributed by atoms with Gasteiger partial charge in [-0.15, -0.1) is 0 Å². The average Bonchev–Trinajstić information content (AvgIpc) is 2.25. The second-order valence-corrected chi connectivity index (χ2v) is 3.77. The molecule has 1 atom stereocenters. The van der Waals surface area contributed by atoms with Gasteiger partial charge in [-0.2, -0.15) is 0 Å². The molecule has 0 unspecified atom stereocenters. The SMILES string of the molecule is CN(C)C=N[C@@H](Cc1ccccc1)C(=O)O. The van der Waals surface area contributed by atoms with Crippen LogP contribution in [0.1, 0.15) is 5.56 Å². The van der Waals surface area contributed by atoms with E-state index in [2.05, 4.69) is 4.99 Å². The highest BCUT2D eigenvalue weighted by atomic mass is 16.4. The number of carbonyl (C=O) groups is 1. The van der Waals surface area contributed by atoms with Gasteiger partial charge in [-0.25, -0.2) is 4.79 Å². The zero-order valence-electron chi connectivity index (χ0n) is 9.50. The Morgan fingerprint density at radius 1 is 1.44 bits per heavy atom. The van der Waals surface area contributed by atoms with Gasteiger partial charge in [-0.1, -0.05) is 30.3 Å². The Hall–Kier alpha value is -1.84. The summed E-state index contributed by atoms with van der Waals surface area (Å²) in [6, 6.07) is 8.78. The molecule has 0 aliphatic rings. The lowest BCUT2D eigenvalue weighted by Crippen LogP contribution is -2.22. The summed E-state index contributed by atoms with van der Waals surface area (Å²) in [6.45, 7) is 0. The number of hydrogen-bond acceptors (Lipinski definition) is 2. The van der Waals surface area contributed by atoms with Crippen molar-refractivity contribution >= 4 is 12.3 Å². The van der Waals surface area contributed by atoms with Crippen molar-refractivity contribution in [3.05, 3.63) is 35.9 Å². The van der Waals surface area contributed by atoms with Gasteiger partial charge in [0, 0.05) is 20.5 Å². The van der Waals surface area contributed by atoms with Gasteiger partial charge in [0.05, 0.1) is 6.34 Å². The fourth-order valence-corrected chi connectivity index (χ4v) is 1.25. The maximum absolute atomic E-state index is 11.0. The van der Waals surface area contributed by atoms with Gasteiger partial charge >= 0.3 is 5.97 Å². The summed E-state index contributed by atoms with van der Waals surface area (Å²) >= 11 is 0. The third kappa shape index (κ3) is 4.13. The van der Waals surface area contributed by atoms with Crippen molar-refractivity contribution in [2.75, 3.05) is 14.1 Å². The number of carboxylic acids is 1. The minimum absolute atomic E-state index is 0.417. The molecule has 0 bridgehead atoms. The molecule has 4 nitrogen and oxygen atoms in total. The third-order valence-corrected chi connectivity index (χ3v) is 2.03. The lowest BCUT2D eigenvalue weighted by molar-refractivity contribution is -0.138. The summed E-state index contributed by atoms with van der Waals surface area (Å²) in [4.78, 5) is 16.7. The van der Waals surface area contributed by atoms with Crippen LogP contribution in [-0.2, 0) is 11.2 Å². The lowest BCUT2D eigenvalue weighted by Gasteiger charge is -2.09. The zero-order valence-corrected chi connectivity index (χ0v) is 9.50. The molecule has 0 radical (unpaired) electrons. The van der Waals surface area contributed by atoms with Crippen molar-refractivity contribution in [2.24, 2.45) is 4.99 Å². The average molecular weight is 220 g/mol. The van der Waals surface area contributed by atoms with Crippen LogP contribution in [0.2, 0.25) is 0 Å². The maximum Gasteiger partial charge on any atom is 0.328 e. The van der Waals surface area contributed by atoms with Crippen molar-refractivity contribution in [1.29, 1.82) is 0 Å². The topological polar surface area (TPSA) is 52.9 Å². The van der Waals surface area contributed by atoms with Crippen molar-refractivity contribution < 1.29 is 9.90 Å². The van der Waals surface area contributed by atoms with Crippen LogP contribution in [0.4, 0.5) is 0 Å². The molecule has 0 amide bonds. The minimum atomic E-state index is -0.901. The Morgan fingerprint density at radius 2 is 2.06 bits per heavy atom. The van der Waals surface area contributed by atoms with Gasteiger partial charge in [0.2, 0.25) is 0 Å². The van der Waals surface area contributed by atoms with Crippen LogP contribution in [-0.4, -0.2) is 42.5 Å². The smallest absolute Gasteiger partial charge is 0.328 e. The first-order chi connectivity index (χ1) is 7.59. The molecular formula is C12H16N2O2. The minimum Gasteiger partial charge on any atom is -0.480 e. The van der Waals surface area contributed by atoms with Crippen LogP contribution in [0.3, 0.4) is 0 Å². The fourth-order valence-electron chi connectivity index (χ4n) is 1.25. The van der Waals surface area contributed by atoms with E-state index in [1.54, 1.807) is 4.90 Å². The third-order valence-electron chi connectivity index (χ3n) is 2.03. The Morgan fingerprint density at radius 3 is 2.56 bits per heavy atom. The summed E-state index contributed by atoms with van der Waals surface area (Å²) in [5, 5.41) is 9.02. The molecule has 0 spiro atoms. The van der Waals surface area contributed by atoms with Crippen molar-refractivity contribution in [3.63, 3.8) is 0 Å². The molecule has 0 aliphatic heterocycles. The van der Waals surface area contributed by atoms with Gasteiger partial charge in [0.1, 0.15) is 0 Å². The van der Waals surface area contributed by atoms with E-state index in [0.29, 0.717) is 6.42 Å². The highest BCUT2D eigenvalue weighted by Gasteiger charge is 2.15. The van der Waals surface area contributed by atoms with E-state index in [9.17, 15) is 4.79 Å². The second kappa shape index (κ2) is 5.90. The predicted molar refractivity (Wildman–Crippen MR) is 63.7 cm³/mol. The summed E-state index contributed by atoms with van der Waals surface area (Å²) < 4.78 is 0. The summed E-state index contributed by atoms with van der Waals surface area (Å²) in [6.07, 6.45) is 1.95. The highest BCUT2D eigenvalue weighted by molar-refractivity contribution is 5.76. The van der Waals surface area contributed by atoms with Crippen LogP contribution in [0.15, 0.2) is 35.3 Å². The van der Waals surface area contributed by atoms with E-state index in [1.165, 1.54) is 6.34 Å². The number of aliphatic carboxylic acids is 1. The summed E-state index contributed by atoms with van der Waals surface area (Å²) in [5.74, 6) is -0.901. The fraction of sp³-hybridized carbons (Fsp3) is 0.333. The first-order valence-electron chi connectivity index (χ1n) is 5.06. The molecule has 16 heavy (non-hydrogen) atoms. The Kier molecular flexibility index (Phi) is 4.51. The van der Waals surface area contributed by atoms with Crippen molar-refractivity contribution in [3.8, 4) is 0 Å². The molecule has 0 saturated carbocycles. The van der Waals surface area contributed by atoms with E-state index < -0.39 is 12.0 Å². The van der Waals surface area contributed by atoms with Crippen molar-refractivity contribution in [1.82, 2.24) is 4.90 Å². The predicted octanol–water partition coefficient (Wildman–Crippen LogP) is 1.27. The molecule has 1 aromatic rings.